The molecule has 114 valence electrons. The Balaban J connectivity index is 2.13. The fourth-order valence-electron chi connectivity index (χ4n) is 2.18. The minimum Gasteiger partial charge on any atom is -0.396 e. The molecule has 1 heterocycles. The van der Waals surface area contributed by atoms with Gasteiger partial charge in [-0.3, -0.25) is 4.68 Å². The lowest BCUT2D eigenvalue weighted by Gasteiger charge is -2.20. The van der Waals surface area contributed by atoms with E-state index in [9.17, 15) is 0 Å². The predicted molar refractivity (Wildman–Crippen MR) is 83.9 cm³/mol. The Bertz CT molecular complexity index is 565. The third-order valence-electron chi connectivity index (χ3n) is 3.77. The summed E-state index contributed by atoms with van der Waals surface area (Å²) in [4.78, 5) is 2.19. The molecule has 21 heavy (non-hydrogen) atoms. The van der Waals surface area contributed by atoms with E-state index in [1.807, 2.05) is 10.9 Å². The van der Waals surface area contributed by atoms with Crippen molar-refractivity contribution in [3.8, 4) is 11.3 Å². The van der Waals surface area contributed by atoms with Crippen molar-refractivity contribution in [1.82, 2.24) is 19.9 Å². The van der Waals surface area contributed by atoms with Gasteiger partial charge in [-0.1, -0.05) is 23.4 Å². The van der Waals surface area contributed by atoms with Gasteiger partial charge < -0.3 is 10.0 Å². The maximum Gasteiger partial charge on any atom is 0.113 e. The van der Waals surface area contributed by atoms with Crippen LogP contribution >= 0.6 is 0 Å². The zero-order valence-corrected chi connectivity index (χ0v) is 13.0. The van der Waals surface area contributed by atoms with Crippen LogP contribution in [-0.2, 0) is 6.54 Å². The van der Waals surface area contributed by atoms with Gasteiger partial charge in [-0.05, 0) is 45.5 Å². The van der Waals surface area contributed by atoms with Crippen LogP contribution < -0.4 is 0 Å². The van der Waals surface area contributed by atoms with Gasteiger partial charge in [0, 0.05) is 24.8 Å². The van der Waals surface area contributed by atoms with Crippen LogP contribution in [0.1, 0.15) is 31.4 Å². The van der Waals surface area contributed by atoms with Crippen molar-refractivity contribution in [2.24, 2.45) is 0 Å². The molecule has 0 saturated heterocycles. The Morgan fingerprint density at radius 3 is 2.81 bits per heavy atom. The van der Waals surface area contributed by atoms with Crippen molar-refractivity contribution < 1.29 is 5.11 Å². The van der Waals surface area contributed by atoms with E-state index in [4.69, 9.17) is 5.11 Å². The lowest BCUT2D eigenvalue weighted by atomic mass is 10.0. The maximum absolute atomic E-state index is 8.81. The second kappa shape index (κ2) is 7.33. The highest BCUT2D eigenvalue weighted by atomic mass is 16.2. The minimum absolute atomic E-state index is 0.228. The summed E-state index contributed by atoms with van der Waals surface area (Å²) >= 11 is 0. The average Bonchev–Trinajstić information content (AvgIpc) is 2.96. The first kappa shape index (κ1) is 15.7. The Hall–Kier alpha value is -1.72. The molecule has 0 aliphatic heterocycles. The van der Waals surface area contributed by atoms with E-state index < -0.39 is 0 Å². The monoisotopic (exact) mass is 288 g/mol. The van der Waals surface area contributed by atoms with Gasteiger partial charge in [0.1, 0.15) is 5.69 Å². The number of hydrogen-bond donors (Lipinski definition) is 1. The summed E-state index contributed by atoms with van der Waals surface area (Å²) in [6, 6.07) is 8.81. The number of aliphatic hydroxyl groups is 1. The molecule has 5 heteroatoms. The van der Waals surface area contributed by atoms with Crippen LogP contribution in [-0.4, -0.2) is 45.7 Å². The third-order valence-corrected chi connectivity index (χ3v) is 3.77. The van der Waals surface area contributed by atoms with E-state index in [2.05, 4.69) is 60.5 Å². The number of rotatable bonds is 7. The molecule has 0 fully saturated rings. The Morgan fingerprint density at radius 2 is 2.10 bits per heavy atom. The number of aryl methyl sites for hydroxylation is 1. The normalized spacial score (nSPS) is 12.8. The van der Waals surface area contributed by atoms with Gasteiger partial charge in [-0.15, -0.1) is 5.10 Å². The molecule has 0 bridgehead atoms. The maximum atomic E-state index is 8.81. The van der Waals surface area contributed by atoms with E-state index >= 15 is 0 Å². The number of unbranched alkanes of at least 4 members (excludes halogenated alkanes) is 1. The van der Waals surface area contributed by atoms with Crippen molar-refractivity contribution in [1.29, 1.82) is 0 Å². The zero-order chi connectivity index (χ0) is 15.2. The molecule has 0 saturated carbocycles. The molecule has 0 spiro atoms. The predicted octanol–water partition coefficient (Wildman–Crippen LogP) is 2.34. The molecule has 0 unspecified atom stereocenters. The topological polar surface area (TPSA) is 54.2 Å². The molecule has 1 atom stereocenters. The standard InChI is InChI=1S/C16H24N4O/c1-13(19(2)3)14-7-6-8-15(11-14)16-12-20(18-17-16)9-4-5-10-21/h6-8,11-13,21H,4-5,9-10H2,1-3H3/t13-/m1/s1. The summed E-state index contributed by atoms with van der Waals surface area (Å²) in [5, 5.41) is 17.2. The molecule has 1 aromatic heterocycles. The molecular weight excluding hydrogens is 264 g/mol. The van der Waals surface area contributed by atoms with Crippen molar-refractivity contribution in [2.75, 3.05) is 20.7 Å². The summed E-state index contributed by atoms with van der Waals surface area (Å²) in [6.45, 7) is 3.21. The van der Waals surface area contributed by atoms with Crippen LogP contribution in [0.25, 0.3) is 11.3 Å². The van der Waals surface area contributed by atoms with E-state index in [1.54, 1.807) is 0 Å². The highest BCUT2D eigenvalue weighted by Gasteiger charge is 2.10. The molecular formula is C16H24N4O. The highest BCUT2D eigenvalue weighted by Crippen LogP contribution is 2.23. The Morgan fingerprint density at radius 1 is 1.29 bits per heavy atom. The van der Waals surface area contributed by atoms with Gasteiger partial charge >= 0.3 is 0 Å². The van der Waals surface area contributed by atoms with Crippen molar-refractivity contribution >= 4 is 0 Å². The quantitative estimate of drug-likeness (QED) is 0.795. The summed E-state index contributed by atoms with van der Waals surface area (Å²) < 4.78 is 1.84. The van der Waals surface area contributed by atoms with Gasteiger partial charge in [0.15, 0.2) is 0 Å². The minimum atomic E-state index is 0.228. The molecule has 1 aromatic carbocycles. The Labute approximate surface area is 126 Å². The molecule has 0 aliphatic carbocycles. The first-order valence-electron chi connectivity index (χ1n) is 7.39. The number of benzene rings is 1. The van der Waals surface area contributed by atoms with Crippen LogP contribution in [0.3, 0.4) is 0 Å². The molecule has 0 aliphatic rings. The lowest BCUT2D eigenvalue weighted by molar-refractivity contribution is 0.280. The smallest absolute Gasteiger partial charge is 0.113 e. The van der Waals surface area contributed by atoms with E-state index in [0.29, 0.717) is 6.04 Å². The van der Waals surface area contributed by atoms with Gasteiger partial charge in [0.25, 0.3) is 0 Å². The number of nitrogens with zero attached hydrogens (tertiary/aromatic N) is 4. The largest absolute Gasteiger partial charge is 0.396 e. The van der Waals surface area contributed by atoms with E-state index in [0.717, 1.165) is 30.6 Å². The Kier molecular flexibility index (Phi) is 5.47. The lowest BCUT2D eigenvalue weighted by Crippen LogP contribution is -2.16. The van der Waals surface area contributed by atoms with Gasteiger partial charge in [0.2, 0.25) is 0 Å². The first-order chi connectivity index (χ1) is 10.1. The zero-order valence-electron chi connectivity index (χ0n) is 13.0. The molecule has 5 nitrogen and oxygen atoms in total. The summed E-state index contributed by atoms with van der Waals surface area (Å²) in [5.41, 5.74) is 3.26. The fourth-order valence-corrected chi connectivity index (χ4v) is 2.18. The van der Waals surface area contributed by atoms with Crippen molar-refractivity contribution in [2.45, 2.75) is 32.4 Å². The second-order valence-electron chi connectivity index (χ2n) is 5.56. The van der Waals surface area contributed by atoms with Crippen LogP contribution in [0.15, 0.2) is 30.5 Å². The summed E-state index contributed by atoms with van der Waals surface area (Å²) in [5.74, 6) is 0. The van der Waals surface area contributed by atoms with Gasteiger partial charge in [0.05, 0.1) is 6.20 Å². The van der Waals surface area contributed by atoms with Crippen LogP contribution in [0.5, 0.6) is 0 Å². The molecule has 2 aromatic rings. The summed E-state index contributed by atoms with van der Waals surface area (Å²) in [7, 11) is 4.16. The number of hydrogen-bond acceptors (Lipinski definition) is 4. The van der Waals surface area contributed by atoms with Gasteiger partial charge in [-0.2, -0.15) is 0 Å². The fraction of sp³-hybridized carbons (Fsp3) is 0.500. The van der Waals surface area contributed by atoms with Crippen molar-refractivity contribution in [3.05, 3.63) is 36.0 Å². The molecule has 0 radical (unpaired) electrons. The molecule has 2 rings (SSSR count). The van der Waals surface area contributed by atoms with Crippen LogP contribution in [0, 0.1) is 0 Å². The second-order valence-corrected chi connectivity index (χ2v) is 5.56. The van der Waals surface area contributed by atoms with Crippen LogP contribution in [0.2, 0.25) is 0 Å². The first-order valence-corrected chi connectivity index (χ1v) is 7.39. The van der Waals surface area contributed by atoms with E-state index in [-0.39, 0.29) is 6.61 Å². The SMILES string of the molecule is C[C@H](c1cccc(-c2cn(CCCCO)nn2)c1)N(C)C. The number of aromatic nitrogens is 3. The van der Waals surface area contributed by atoms with Crippen LogP contribution in [0.4, 0.5) is 0 Å². The van der Waals surface area contributed by atoms with Crippen molar-refractivity contribution in [3.63, 3.8) is 0 Å². The van der Waals surface area contributed by atoms with E-state index in [1.165, 1.54) is 5.56 Å². The molecule has 1 N–H and O–H groups in total. The summed E-state index contributed by atoms with van der Waals surface area (Å²) in [6.07, 6.45) is 3.68. The average molecular weight is 288 g/mol. The third kappa shape index (κ3) is 4.12. The highest BCUT2D eigenvalue weighted by molar-refractivity contribution is 5.58. The molecule has 0 amide bonds. The number of aliphatic hydroxyl groups excluding tert-OH is 1. The van der Waals surface area contributed by atoms with Gasteiger partial charge in [-0.25, -0.2) is 0 Å².